The third-order valence-electron chi connectivity index (χ3n) is 7.14. The van der Waals surface area contributed by atoms with Crippen molar-refractivity contribution in [3.8, 4) is 5.75 Å². The van der Waals surface area contributed by atoms with E-state index >= 15 is 0 Å². The van der Waals surface area contributed by atoms with E-state index in [1.165, 1.54) is 24.0 Å². The van der Waals surface area contributed by atoms with Crippen molar-refractivity contribution in [2.24, 2.45) is 5.92 Å². The van der Waals surface area contributed by atoms with E-state index in [4.69, 9.17) is 4.74 Å². The Balaban J connectivity index is 1.34. The quantitative estimate of drug-likeness (QED) is 0.748. The van der Waals surface area contributed by atoms with Crippen molar-refractivity contribution < 1.29 is 9.53 Å². The first-order valence-corrected chi connectivity index (χ1v) is 11.5. The summed E-state index contributed by atoms with van der Waals surface area (Å²) in [6.45, 7) is 4.36. The minimum atomic E-state index is -0.214. The maximum Gasteiger partial charge on any atom is 0.225 e. The minimum absolute atomic E-state index is 0.214. The van der Waals surface area contributed by atoms with Gasteiger partial charge in [0.05, 0.1) is 0 Å². The zero-order valence-corrected chi connectivity index (χ0v) is 17.8. The van der Waals surface area contributed by atoms with Crippen LogP contribution in [0.15, 0.2) is 54.6 Å². The molecule has 2 heterocycles. The first-order valence-electron chi connectivity index (χ1n) is 11.5. The lowest BCUT2D eigenvalue weighted by Gasteiger charge is -2.43. The van der Waals surface area contributed by atoms with Crippen LogP contribution in [0.4, 0.5) is 0 Å². The largest absolute Gasteiger partial charge is 0.485 e. The van der Waals surface area contributed by atoms with E-state index in [9.17, 15) is 4.79 Å². The molecule has 0 unspecified atom stereocenters. The molecule has 158 valence electrons. The Morgan fingerprint density at radius 2 is 1.67 bits per heavy atom. The zero-order chi connectivity index (χ0) is 20.4. The van der Waals surface area contributed by atoms with Crippen LogP contribution in [-0.4, -0.2) is 40.9 Å². The van der Waals surface area contributed by atoms with Crippen molar-refractivity contribution in [2.75, 3.05) is 19.6 Å². The molecule has 0 N–H and O–H groups in total. The highest BCUT2D eigenvalue weighted by Gasteiger charge is 2.42. The van der Waals surface area contributed by atoms with E-state index in [1.807, 2.05) is 0 Å². The van der Waals surface area contributed by atoms with Crippen molar-refractivity contribution >= 4 is 5.91 Å². The molecule has 2 aromatic carbocycles. The fraction of sp³-hybridized carbons (Fsp3) is 0.500. The van der Waals surface area contributed by atoms with E-state index in [2.05, 4.69) is 64.4 Å². The summed E-state index contributed by atoms with van der Waals surface area (Å²) < 4.78 is 6.73. The molecule has 4 nitrogen and oxygen atoms in total. The van der Waals surface area contributed by atoms with Crippen LogP contribution in [0.1, 0.15) is 49.7 Å². The Morgan fingerprint density at radius 3 is 2.43 bits per heavy atom. The van der Waals surface area contributed by atoms with Gasteiger partial charge in [0.2, 0.25) is 5.91 Å². The van der Waals surface area contributed by atoms with E-state index in [0.29, 0.717) is 5.91 Å². The molecule has 2 fully saturated rings. The minimum Gasteiger partial charge on any atom is -0.485 e. The van der Waals surface area contributed by atoms with Gasteiger partial charge in [-0.2, -0.15) is 0 Å². The summed E-state index contributed by atoms with van der Waals surface area (Å²) in [7, 11) is 0. The predicted octanol–water partition coefficient (Wildman–Crippen LogP) is 4.63. The number of benzene rings is 2. The number of ether oxygens (including phenoxy) is 1. The number of carbonyl (C=O) groups is 1. The van der Waals surface area contributed by atoms with Crippen LogP contribution in [0.3, 0.4) is 0 Å². The van der Waals surface area contributed by atoms with Crippen molar-refractivity contribution in [3.05, 3.63) is 65.7 Å². The highest BCUT2D eigenvalue weighted by Crippen LogP contribution is 2.37. The number of likely N-dealkylation sites (tertiary alicyclic amines) is 1. The molecule has 0 aromatic heterocycles. The Hall–Kier alpha value is -2.33. The standard InChI is InChI=1S/C26H32N2O2/c29-25(22-10-4-5-11-22)28-16-14-26(15-17-28)20-27(18-21-8-2-1-3-9-21)19-23-12-6-7-13-24(23)30-26/h1-3,6-9,12-13,22H,4-5,10-11,14-20H2. The van der Waals surface area contributed by atoms with Gasteiger partial charge < -0.3 is 9.64 Å². The van der Waals surface area contributed by atoms with Crippen molar-refractivity contribution in [1.29, 1.82) is 0 Å². The third kappa shape index (κ3) is 4.11. The van der Waals surface area contributed by atoms with Gasteiger partial charge in [0.25, 0.3) is 0 Å². The summed E-state index contributed by atoms with van der Waals surface area (Å²) in [5.41, 5.74) is 2.38. The molecule has 4 heteroatoms. The number of piperidine rings is 1. The zero-order valence-electron chi connectivity index (χ0n) is 17.8. The van der Waals surface area contributed by atoms with E-state index in [-0.39, 0.29) is 11.5 Å². The maximum absolute atomic E-state index is 12.9. The molecular formula is C26H32N2O2. The van der Waals surface area contributed by atoms with Gasteiger partial charge in [0.15, 0.2) is 0 Å². The molecule has 1 amide bonds. The first kappa shape index (κ1) is 19.6. The lowest BCUT2D eigenvalue weighted by molar-refractivity contribution is -0.139. The van der Waals surface area contributed by atoms with E-state index in [1.54, 1.807) is 0 Å². The monoisotopic (exact) mass is 404 g/mol. The molecule has 1 aliphatic carbocycles. The molecule has 5 rings (SSSR count). The van der Waals surface area contributed by atoms with Crippen molar-refractivity contribution in [2.45, 2.75) is 57.2 Å². The number of nitrogens with zero attached hydrogens (tertiary/aromatic N) is 2. The van der Waals surface area contributed by atoms with Gasteiger partial charge in [0, 0.05) is 57.0 Å². The molecule has 1 saturated carbocycles. The fourth-order valence-corrected chi connectivity index (χ4v) is 5.48. The molecular weight excluding hydrogens is 372 g/mol. The Labute approximate surface area is 179 Å². The molecule has 30 heavy (non-hydrogen) atoms. The lowest BCUT2D eigenvalue weighted by Crippen LogP contribution is -2.54. The second kappa shape index (κ2) is 8.43. The molecule has 0 atom stereocenters. The van der Waals surface area contributed by atoms with Gasteiger partial charge >= 0.3 is 0 Å². The summed E-state index contributed by atoms with van der Waals surface area (Å²) in [5.74, 6) is 1.67. The normalized spacial score (nSPS) is 21.8. The Kier molecular flexibility index (Phi) is 5.51. The average molecular weight is 405 g/mol. The van der Waals surface area contributed by atoms with Crippen LogP contribution in [0.5, 0.6) is 5.75 Å². The molecule has 0 radical (unpaired) electrons. The number of hydrogen-bond acceptors (Lipinski definition) is 3. The van der Waals surface area contributed by atoms with E-state index < -0.39 is 0 Å². The first-order chi connectivity index (χ1) is 14.7. The number of hydrogen-bond donors (Lipinski definition) is 0. The van der Waals surface area contributed by atoms with Crippen LogP contribution < -0.4 is 4.74 Å². The summed E-state index contributed by atoms with van der Waals surface area (Å²) in [6, 6.07) is 19.2. The SMILES string of the molecule is O=C(C1CCCC1)N1CCC2(CC1)CN(Cc1ccccc1)Cc1ccccc1O2. The number of carbonyl (C=O) groups excluding carboxylic acids is 1. The van der Waals surface area contributed by atoms with Crippen LogP contribution in [0.2, 0.25) is 0 Å². The summed E-state index contributed by atoms with van der Waals surface area (Å²) in [5, 5.41) is 0. The van der Waals surface area contributed by atoms with Gasteiger partial charge in [-0.15, -0.1) is 0 Å². The summed E-state index contributed by atoms with van der Waals surface area (Å²) >= 11 is 0. The second-order valence-electron chi connectivity index (χ2n) is 9.33. The van der Waals surface area contributed by atoms with Gasteiger partial charge in [-0.3, -0.25) is 9.69 Å². The topological polar surface area (TPSA) is 32.8 Å². The van der Waals surface area contributed by atoms with Crippen molar-refractivity contribution in [3.63, 3.8) is 0 Å². The number of amides is 1. The number of para-hydroxylation sites is 1. The van der Waals surface area contributed by atoms with E-state index in [0.717, 1.165) is 64.2 Å². The fourth-order valence-electron chi connectivity index (χ4n) is 5.48. The highest BCUT2D eigenvalue weighted by molar-refractivity contribution is 5.79. The van der Waals surface area contributed by atoms with Gasteiger partial charge in [-0.05, 0) is 24.5 Å². The predicted molar refractivity (Wildman–Crippen MR) is 118 cm³/mol. The van der Waals surface area contributed by atoms with Crippen LogP contribution >= 0.6 is 0 Å². The Bertz CT molecular complexity index is 868. The van der Waals surface area contributed by atoms with Gasteiger partial charge in [-0.25, -0.2) is 0 Å². The molecule has 3 aliphatic rings. The lowest BCUT2D eigenvalue weighted by atomic mass is 9.89. The molecule has 1 spiro atoms. The average Bonchev–Trinajstić information content (AvgIpc) is 3.26. The number of fused-ring (bicyclic) bond motifs is 1. The Morgan fingerprint density at radius 1 is 0.967 bits per heavy atom. The van der Waals surface area contributed by atoms with Crippen LogP contribution in [0.25, 0.3) is 0 Å². The third-order valence-corrected chi connectivity index (χ3v) is 7.14. The van der Waals surface area contributed by atoms with Gasteiger partial charge in [0.1, 0.15) is 11.4 Å². The van der Waals surface area contributed by atoms with Gasteiger partial charge in [-0.1, -0.05) is 61.4 Å². The summed E-state index contributed by atoms with van der Waals surface area (Å²) in [6.07, 6.45) is 6.39. The van der Waals surface area contributed by atoms with Crippen LogP contribution in [0, 0.1) is 5.92 Å². The molecule has 2 aromatic rings. The summed E-state index contributed by atoms with van der Waals surface area (Å²) in [4.78, 5) is 17.6. The number of rotatable bonds is 3. The highest BCUT2D eigenvalue weighted by atomic mass is 16.5. The van der Waals surface area contributed by atoms with Crippen LogP contribution in [-0.2, 0) is 17.9 Å². The maximum atomic E-state index is 12.9. The molecule has 2 aliphatic heterocycles. The molecule has 1 saturated heterocycles. The van der Waals surface area contributed by atoms with Crippen molar-refractivity contribution in [1.82, 2.24) is 9.80 Å². The smallest absolute Gasteiger partial charge is 0.225 e. The second-order valence-corrected chi connectivity index (χ2v) is 9.33. The molecule has 0 bridgehead atoms.